The number of aromatic hydroxyl groups is 1. The average Bonchev–Trinajstić information content (AvgIpc) is 3.26. The molecule has 2 aliphatic heterocycles. The van der Waals surface area contributed by atoms with Gasteiger partial charge in [0.15, 0.2) is 0 Å². The summed E-state index contributed by atoms with van der Waals surface area (Å²) in [4.78, 5) is 17.8. The molecule has 7 heteroatoms. The van der Waals surface area contributed by atoms with Gasteiger partial charge in [-0.05, 0) is 130 Å². The molecule has 4 aromatic carbocycles. The maximum absolute atomic E-state index is 12.8. The monoisotopic (exact) mass is 648 g/mol. The molecule has 4 aromatic rings. The summed E-state index contributed by atoms with van der Waals surface area (Å²) in [7, 11) is 0. The number of ether oxygens (including phenoxy) is 1. The Balaban J connectivity index is 0.000000190. The van der Waals surface area contributed by atoms with E-state index in [2.05, 4.69) is 59.2 Å². The molecule has 48 heavy (non-hydrogen) atoms. The van der Waals surface area contributed by atoms with Crippen LogP contribution in [0.25, 0.3) is 0 Å². The van der Waals surface area contributed by atoms with Crippen LogP contribution in [-0.4, -0.2) is 66.2 Å². The van der Waals surface area contributed by atoms with Crippen molar-refractivity contribution in [3.8, 4) is 5.75 Å². The third-order valence-corrected chi connectivity index (χ3v) is 10.1. The Bertz CT molecular complexity index is 1580. The van der Waals surface area contributed by atoms with Crippen molar-refractivity contribution in [2.75, 3.05) is 50.8 Å². The van der Waals surface area contributed by atoms with Crippen LogP contribution < -0.4 is 11.5 Å². The number of nitrogen functional groups attached to an aromatic ring is 2. The molecule has 7 nitrogen and oxygen atoms in total. The molecule has 5 N–H and O–H groups in total. The molecule has 0 aliphatic carbocycles. The lowest BCUT2D eigenvalue weighted by Crippen LogP contribution is -2.48. The van der Waals surface area contributed by atoms with Gasteiger partial charge < -0.3 is 26.2 Å². The molecule has 0 spiro atoms. The fourth-order valence-corrected chi connectivity index (χ4v) is 7.03. The number of phenols is 1. The van der Waals surface area contributed by atoms with Crippen molar-refractivity contribution in [3.63, 3.8) is 0 Å². The van der Waals surface area contributed by atoms with Gasteiger partial charge >= 0.3 is 5.97 Å². The number of piperidine rings is 1. The molecule has 0 saturated carbocycles. The number of nitrogens with zero attached hydrogens (tertiary/aromatic N) is 2. The Labute approximate surface area is 286 Å². The first-order valence-electron chi connectivity index (χ1n) is 17.4. The van der Waals surface area contributed by atoms with Gasteiger partial charge in [-0.1, -0.05) is 60.7 Å². The minimum absolute atomic E-state index is 0.0793. The number of hydrogen-bond acceptors (Lipinski definition) is 7. The lowest BCUT2D eigenvalue weighted by atomic mass is 9.72. The molecular formula is C41H52N4O3. The molecule has 6 rings (SSSR count). The molecule has 0 radical (unpaired) electrons. The van der Waals surface area contributed by atoms with Gasteiger partial charge in [-0.25, -0.2) is 0 Å². The topological polar surface area (TPSA) is 105 Å². The highest BCUT2D eigenvalue weighted by molar-refractivity contribution is 5.83. The summed E-state index contributed by atoms with van der Waals surface area (Å²) in [6.07, 6.45) is 5.71. The van der Waals surface area contributed by atoms with E-state index in [1.807, 2.05) is 55.5 Å². The molecular weight excluding hydrogens is 596 g/mol. The van der Waals surface area contributed by atoms with Crippen molar-refractivity contribution in [1.82, 2.24) is 9.80 Å². The molecule has 1 fully saturated rings. The first-order chi connectivity index (χ1) is 23.3. The van der Waals surface area contributed by atoms with Crippen LogP contribution in [0.5, 0.6) is 5.75 Å². The van der Waals surface area contributed by atoms with Crippen LogP contribution in [-0.2, 0) is 40.6 Å². The van der Waals surface area contributed by atoms with Gasteiger partial charge in [0, 0.05) is 37.1 Å². The van der Waals surface area contributed by atoms with Crippen molar-refractivity contribution in [3.05, 3.63) is 125 Å². The number of carbonyl (C=O) groups is 1. The summed E-state index contributed by atoms with van der Waals surface area (Å²) in [5.74, 6) is 0.297. The van der Waals surface area contributed by atoms with Gasteiger partial charge in [0.1, 0.15) is 5.75 Å². The fourth-order valence-electron chi connectivity index (χ4n) is 7.03. The number of esters is 1. The molecule has 2 aliphatic rings. The summed E-state index contributed by atoms with van der Waals surface area (Å²) in [5, 5.41) is 9.68. The summed E-state index contributed by atoms with van der Waals surface area (Å²) < 4.78 is 5.45. The van der Waals surface area contributed by atoms with E-state index in [4.69, 9.17) is 16.2 Å². The van der Waals surface area contributed by atoms with Gasteiger partial charge in [0.2, 0.25) is 0 Å². The Morgan fingerprint density at radius 1 is 0.812 bits per heavy atom. The van der Waals surface area contributed by atoms with Gasteiger partial charge in [0.25, 0.3) is 0 Å². The van der Waals surface area contributed by atoms with Crippen molar-refractivity contribution in [2.45, 2.75) is 63.8 Å². The number of nitrogens with two attached hydrogens (primary N) is 2. The molecule has 0 bridgehead atoms. The van der Waals surface area contributed by atoms with Crippen LogP contribution in [0.2, 0.25) is 0 Å². The Morgan fingerprint density at radius 2 is 1.42 bits per heavy atom. The minimum Gasteiger partial charge on any atom is -0.508 e. The highest BCUT2D eigenvalue weighted by atomic mass is 16.5. The zero-order valence-corrected chi connectivity index (χ0v) is 28.6. The van der Waals surface area contributed by atoms with Crippen molar-refractivity contribution >= 4 is 17.3 Å². The number of likely N-dealkylation sites (tertiary alicyclic amines) is 1. The SMILES string of the molecule is CC1Cc2cc(O)ccc2CCN1CCc1ccc(N)cc1.CCOC(=O)C1(c2ccccc2)CCN(CCc2ccc(N)cc2)CC1. The van der Waals surface area contributed by atoms with Crippen LogP contribution in [0.4, 0.5) is 11.4 Å². The molecule has 0 amide bonds. The van der Waals surface area contributed by atoms with E-state index >= 15 is 0 Å². The summed E-state index contributed by atoms with van der Waals surface area (Å²) in [6.45, 7) is 9.52. The summed E-state index contributed by atoms with van der Waals surface area (Å²) in [5.41, 5.74) is 19.0. The van der Waals surface area contributed by atoms with Gasteiger partial charge in [-0.15, -0.1) is 0 Å². The van der Waals surface area contributed by atoms with E-state index in [0.717, 1.165) is 88.2 Å². The van der Waals surface area contributed by atoms with Crippen molar-refractivity contribution in [2.24, 2.45) is 0 Å². The van der Waals surface area contributed by atoms with Crippen LogP contribution in [0.15, 0.2) is 97.1 Å². The lowest BCUT2D eigenvalue weighted by Gasteiger charge is -2.40. The quantitative estimate of drug-likeness (QED) is 0.142. The van der Waals surface area contributed by atoms with Crippen LogP contribution in [0.1, 0.15) is 54.5 Å². The highest BCUT2D eigenvalue weighted by Gasteiger charge is 2.44. The number of benzene rings is 4. The van der Waals surface area contributed by atoms with E-state index in [0.29, 0.717) is 18.4 Å². The zero-order chi connectivity index (χ0) is 33.9. The number of anilines is 2. The van der Waals surface area contributed by atoms with Gasteiger partial charge in [0.05, 0.1) is 12.0 Å². The van der Waals surface area contributed by atoms with Crippen LogP contribution in [0, 0.1) is 0 Å². The van der Waals surface area contributed by atoms with E-state index in [1.54, 1.807) is 6.07 Å². The Hall–Kier alpha value is -4.33. The molecule has 1 unspecified atom stereocenters. The molecule has 254 valence electrons. The zero-order valence-electron chi connectivity index (χ0n) is 28.6. The molecule has 1 atom stereocenters. The Morgan fingerprint density at radius 3 is 2.02 bits per heavy atom. The van der Waals surface area contributed by atoms with Crippen LogP contribution in [0.3, 0.4) is 0 Å². The fraction of sp³-hybridized carbons (Fsp3) is 0.390. The highest BCUT2D eigenvalue weighted by Crippen LogP contribution is 2.37. The third-order valence-electron chi connectivity index (χ3n) is 10.1. The maximum atomic E-state index is 12.8. The molecule has 1 saturated heterocycles. The number of fused-ring (bicyclic) bond motifs is 1. The second-order valence-corrected chi connectivity index (χ2v) is 13.3. The lowest BCUT2D eigenvalue weighted by molar-refractivity contribution is -0.152. The number of hydrogen-bond donors (Lipinski definition) is 3. The summed E-state index contributed by atoms with van der Waals surface area (Å²) in [6, 6.07) is 32.7. The molecule has 2 heterocycles. The Kier molecular flexibility index (Phi) is 12.2. The second kappa shape index (κ2) is 16.7. The van der Waals surface area contributed by atoms with E-state index in [1.165, 1.54) is 22.3 Å². The second-order valence-electron chi connectivity index (χ2n) is 13.3. The predicted octanol–water partition coefficient (Wildman–Crippen LogP) is 6.41. The first kappa shape index (κ1) is 35.0. The minimum atomic E-state index is -0.505. The van der Waals surface area contributed by atoms with E-state index in [-0.39, 0.29) is 5.97 Å². The number of rotatable bonds is 9. The number of phenolic OH excluding ortho intramolecular Hbond substituents is 1. The standard InChI is InChI=1S/C22H28N2O2.C19H24N2O/c1-2-26-21(25)22(19-6-4-3-5-7-19)13-16-24(17-14-22)15-12-18-8-10-20(23)11-9-18;1-14-12-17-13-19(22)7-4-16(17)9-11-21(14)10-8-15-2-5-18(20)6-3-15/h3-11H,2,12-17,23H2,1H3;2-7,13-14,22H,8-12,20H2,1H3. The van der Waals surface area contributed by atoms with Crippen molar-refractivity contribution < 1.29 is 14.6 Å². The first-order valence-corrected chi connectivity index (χ1v) is 17.4. The molecule has 0 aromatic heterocycles. The predicted molar refractivity (Wildman–Crippen MR) is 196 cm³/mol. The van der Waals surface area contributed by atoms with E-state index in [9.17, 15) is 9.90 Å². The summed E-state index contributed by atoms with van der Waals surface area (Å²) >= 11 is 0. The van der Waals surface area contributed by atoms with Gasteiger partial charge in [-0.3, -0.25) is 9.69 Å². The normalized spacial score (nSPS) is 17.8. The van der Waals surface area contributed by atoms with Crippen molar-refractivity contribution in [1.29, 1.82) is 0 Å². The largest absolute Gasteiger partial charge is 0.508 e. The van der Waals surface area contributed by atoms with Gasteiger partial charge in [-0.2, -0.15) is 0 Å². The average molecular weight is 649 g/mol. The van der Waals surface area contributed by atoms with E-state index < -0.39 is 5.41 Å². The number of carbonyl (C=O) groups excluding carboxylic acids is 1. The maximum Gasteiger partial charge on any atom is 0.316 e. The third kappa shape index (κ3) is 9.18. The van der Waals surface area contributed by atoms with Crippen LogP contribution >= 0.6 is 0 Å². The smallest absolute Gasteiger partial charge is 0.316 e.